The van der Waals surface area contributed by atoms with Crippen molar-refractivity contribution in [2.45, 2.75) is 6.18 Å². The maximum absolute atomic E-state index is 12.9. The van der Waals surface area contributed by atoms with Gasteiger partial charge in [-0.05, 0) is 30.3 Å². The van der Waals surface area contributed by atoms with Gasteiger partial charge in [0.1, 0.15) is 5.82 Å². The van der Waals surface area contributed by atoms with Crippen LogP contribution >= 0.6 is 0 Å². The third kappa shape index (κ3) is 3.48. The predicted octanol–water partition coefficient (Wildman–Crippen LogP) is 2.64. The van der Waals surface area contributed by atoms with Crippen LogP contribution in [0.4, 0.5) is 24.7 Å². The predicted molar refractivity (Wildman–Crippen MR) is 71.4 cm³/mol. The van der Waals surface area contributed by atoms with E-state index in [0.717, 1.165) is 12.1 Å². The number of hydrogen-bond donors (Lipinski definition) is 3. The minimum Gasteiger partial charge on any atom is -0.324 e. The Hall–Kier alpha value is -2.61. The standard InChI is InChI=1S/C13H11F3N4O/c14-13(15,16)9-7-8(4-5-10(9)20-17)12(21)19-11-3-1-2-6-18-11/h1-7,20H,17H2,(H,18,19,21). The van der Waals surface area contributed by atoms with Crippen molar-refractivity contribution in [1.29, 1.82) is 0 Å². The lowest BCUT2D eigenvalue weighted by Gasteiger charge is -2.13. The van der Waals surface area contributed by atoms with Gasteiger partial charge < -0.3 is 10.7 Å². The van der Waals surface area contributed by atoms with Gasteiger partial charge in [-0.15, -0.1) is 0 Å². The van der Waals surface area contributed by atoms with Crippen LogP contribution in [0.2, 0.25) is 0 Å². The number of carbonyl (C=O) groups excluding carboxylic acids is 1. The Morgan fingerprint density at radius 3 is 2.52 bits per heavy atom. The number of halogens is 3. The maximum Gasteiger partial charge on any atom is 0.418 e. The molecule has 4 N–H and O–H groups in total. The van der Waals surface area contributed by atoms with Crippen LogP contribution in [-0.4, -0.2) is 10.9 Å². The van der Waals surface area contributed by atoms with Crippen LogP contribution < -0.4 is 16.6 Å². The molecule has 0 saturated carbocycles. The topological polar surface area (TPSA) is 80.0 Å². The molecule has 1 aromatic carbocycles. The van der Waals surface area contributed by atoms with Gasteiger partial charge in [0, 0.05) is 11.8 Å². The second-order valence-electron chi connectivity index (χ2n) is 4.07. The molecule has 0 spiro atoms. The average Bonchev–Trinajstić information content (AvgIpc) is 2.46. The zero-order valence-corrected chi connectivity index (χ0v) is 10.6. The first kappa shape index (κ1) is 14.8. The number of amides is 1. The van der Waals surface area contributed by atoms with Gasteiger partial charge in [-0.1, -0.05) is 6.07 Å². The van der Waals surface area contributed by atoms with Crippen LogP contribution in [0, 0.1) is 0 Å². The maximum atomic E-state index is 12.9. The molecule has 0 aliphatic carbocycles. The number of anilines is 2. The number of alkyl halides is 3. The normalized spacial score (nSPS) is 11.0. The number of hydrazine groups is 1. The van der Waals surface area contributed by atoms with E-state index in [0.29, 0.717) is 0 Å². The number of nitrogens with one attached hydrogen (secondary N) is 2. The fourth-order valence-electron chi connectivity index (χ4n) is 1.67. The molecule has 0 unspecified atom stereocenters. The van der Waals surface area contributed by atoms with Crippen LogP contribution in [0.1, 0.15) is 15.9 Å². The van der Waals surface area contributed by atoms with E-state index in [1.165, 1.54) is 18.3 Å². The zero-order valence-electron chi connectivity index (χ0n) is 10.6. The van der Waals surface area contributed by atoms with Crippen molar-refractivity contribution in [3.63, 3.8) is 0 Å². The summed E-state index contributed by atoms with van der Waals surface area (Å²) >= 11 is 0. The van der Waals surface area contributed by atoms with E-state index in [1.807, 2.05) is 5.43 Å². The van der Waals surface area contributed by atoms with Gasteiger partial charge in [0.05, 0.1) is 11.3 Å². The smallest absolute Gasteiger partial charge is 0.324 e. The molecule has 0 atom stereocenters. The van der Waals surface area contributed by atoms with Crippen LogP contribution in [0.3, 0.4) is 0 Å². The van der Waals surface area contributed by atoms with Crippen LogP contribution in [0.25, 0.3) is 0 Å². The molecule has 0 saturated heterocycles. The van der Waals surface area contributed by atoms with Crippen LogP contribution in [0.15, 0.2) is 42.6 Å². The van der Waals surface area contributed by atoms with E-state index in [9.17, 15) is 18.0 Å². The summed E-state index contributed by atoms with van der Waals surface area (Å²) in [4.78, 5) is 15.8. The van der Waals surface area contributed by atoms with Crippen molar-refractivity contribution < 1.29 is 18.0 Å². The molecular weight excluding hydrogens is 285 g/mol. The van der Waals surface area contributed by atoms with Gasteiger partial charge in [0.2, 0.25) is 0 Å². The summed E-state index contributed by atoms with van der Waals surface area (Å²) < 4.78 is 38.6. The van der Waals surface area contributed by atoms with Crippen molar-refractivity contribution in [2.75, 3.05) is 10.7 Å². The number of pyridine rings is 1. The lowest BCUT2D eigenvalue weighted by molar-refractivity contribution is -0.137. The van der Waals surface area contributed by atoms with Crippen LogP contribution in [-0.2, 0) is 6.18 Å². The highest BCUT2D eigenvalue weighted by atomic mass is 19.4. The Bertz CT molecular complexity index is 644. The third-order valence-electron chi connectivity index (χ3n) is 2.65. The summed E-state index contributed by atoms with van der Waals surface area (Å²) in [7, 11) is 0. The van der Waals surface area contributed by atoms with Gasteiger partial charge in [0.25, 0.3) is 5.91 Å². The largest absolute Gasteiger partial charge is 0.418 e. The van der Waals surface area contributed by atoms with E-state index in [4.69, 9.17) is 5.84 Å². The molecule has 110 valence electrons. The second-order valence-corrected chi connectivity index (χ2v) is 4.07. The van der Waals surface area contributed by atoms with Crippen molar-refractivity contribution >= 4 is 17.4 Å². The summed E-state index contributed by atoms with van der Waals surface area (Å²) in [5.74, 6) is 4.59. The molecule has 8 heteroatoms. The molecule has 0 aliphatic heterocycles. The number of aromatic nitrogens is 1. The van der Waals surface area contributed by atoms with Crippen LogP contribution in [0.5, 0.6) is 0 Å². The fourth-order valence-corrected chi connectivity index (χ4v) is 1.67. The highest BCUT2D eigenvalue weighted by molar-refractivity contribution is 6.04. The first-order chi connectivity index (χ1) is 9.91. The monoisotopic (exact) mass is 296 g/mol. The number of carbonyl (C=O) groups is 1. The summed E-state index contributed by atoms with van der Waals surface area (Å²) in [6, 6.07) is 7.88. The highest BCUT2D eigenvalue weighted by Crippen LogP contribution is 2.35. The SMILES string of the molecule is NNc1ccc(C(=O)Nc2ccccn2)cc1C(F)(F)F. The first-order valence-corrected chi connectivity index (χ1v) is 5.82. The fraction of sp³-hybridized carbons (Fsp3) is 0.0769. The Morgan fingerprint density at radius 1 is 1.19 bits per heavy atom. The number of benzene rings is 1. The molecular formula is C13H11F3N4O. The molecule has 1 heterocycles. The molecule has 2 rings (SSSR count). The quantitative estimate of drug-likeness (QED) is 0.601. The summed E-state index contributed by atoms with van der Waals surface area (Å²) in [5.41, 5.74) is 0.484. The minimum absolute atomic E-state index is 0.146. The number of nitrogen functional groups attached to an aromatic ring is 1. The number of nitrogens with two attached hydrogens (primary N) is 1. The van der Waals surface area contributed by atoms with Crippen molar-refractivity contribution in [3.05, 3.63) is 53.7 Å². The molecule has 1 aromatic heterocycles. The molecule has 0 fully saturated rings. The molecule has 5 nitrogen and oxygen atoms in total. The Labute approximate surface area is 118 Å². The summed E-state index contributed by atoms with van der Waals surface area (Å²) in [6.45, 7) is 0. The van der Waals surface area contributed by atoms with E-state index in [1.54, 1.807) is 12.1 Å². The number of nitrogens with zero attached hydrogens (tertiary/aromatic N) is 1. The Kier molecular flexibility index (Phi) is 4.08. The summed E-state index contributed by atoms with van der Waals surface area (Å²) in [5, 5.41) is 2.41. The van der Waals surface area contributed by atoms with Gasteiger partial charge in [-0.3, -0.25) is 10.6 Å². The average molecular weight is 296 g/mol. The Balaban J connectivity index is 2.30. The lowest BCUT2D eigenvalue weighted by Crippen LogP contribution is -2.18. The van der Waals surface area contributed by atoms with Gasteiger partial charge in [-0.2, -0.15) is 13.2 Å². The minimum atomic E-state index is -4.62. The van der Waals surface area contributed by atoms with Crippen molar-refractivity contribution in [1.82, 2.24) is 4.98 Å². The first-order valence-electron chi connectivity index (χ1n) is 5.82. The lowest BCUT2D eigenvalue weighted by atomic mass is 10.1. The third-order valence-corrected chi connectivity index (χ3v) is 2.65. The van der Waals surface area contributed by atoms with Gasteiger partial charge in [0.15, 0.2) is 0 Å². The van der Waals surface area contributed by atoms with E-state index in [2.05, 4.69) is 10.3 Å². The van der Waals surface area contributed by atoms with Gasteiger partial charge in [-0.25, -0.2) is 4.98 Å². The van der Waals surface area contributed by atoms with E-state index in [-0.39, 0.29) is 17.1 Å². The second kappa shape index (κ2) is 5.80. The summed E-state index contributed by atoms with van der Waals surface area (Å²) in [6.07, 6.45) is -3.17. The molecule has 0 radical (unpaired) electrons. The van der Waals surface area contributed by atoms with E-state index >= 15 is 0 Å². The Morgan fingerprint density at radius 2 is 1.95 bits per heavy atom. The zero-order chi connectivity index (χ0) is 15.5. The number of rotatable bonds is 3. The van der Waals surface area contributed by atoms with E-state index < -0.39 is 17.6 Å². The molecule has 0 aliphatic rings. The van der Waals surface area contributed by atoms with Crippen molar-refractivity contribution in [2.24, 2.45) is 5.84 Å². The molecule has 21 heavy (non-hydrogen) atoms. The van der Waals surface area contributed by atoms with Gasteiger partial charge >= 0.3 is 6.18 Å². The molecule has 2 aromatic rings. The molecule has 0 bridgehead atoms. The highest BCUT2D eigenvalue weighted by Gasteiger charge is 2.34. The van der Waals surface area contributed by atoms with Crippen molar-refractivity contribution in [3.8, 4) is 0 Å². The number of hydrogen-bond acceptors (Lipinski definition) is 4. The molecule has 1 amide bonds.